The zero-order chi connectivity index (χ0) is 13.3. The summed E-state index contributed by atoms with van der Waals surface area (Å²) in [5.41, 5.74) is 9.54. The van der Waals surface area contributed by atoms with Crippen molar-refractivity contribution in [3.63, 3.8) is 0 Å². The molecule has 0 aliphatic rings. The third kappa shape index (κ3) is 2.72. The SMILES string of the molecule is Cc1cc(C)c(C(N)c2cccc(I)c2)c(F)c1. The van der Waals surface area contributed by atoms with Crippen LogP contribution in [0.5, 0.6) is 0 Å². The quantitative estimate of drug-likeness (QED) is 0.807. The highest BCUT2D eigenvalue weighted by atomic mass is 127. The first kappa shape index (κ1) is 13.5. The van der Waals surface area contributed by atoms with Crippen LogP contribution in [0.2, 0.25) is 0 Å². The number of benzene rings is 2. The molecule has 0 spiro atoms. The Balaban J connectivity index is 2.49. The van der Waals surface area contributed by atoms with E-state index in [1.54, 1.807) is 0 Å². The minimum absolute atomic E-state index is 0.223. The van der Waals surface area contributed by atoms with Crippen LogP contribution in [0.3, 0.4) is 0 Å². The summed E-state index contributed by atoms with van der Waals surface area (Å²) in [5.74, 6) is -0.223. The van der Waals surface area contributed by atoms with Crippen LogP contribution in [0.15, 0.2) is 36.4 Å². The van der Waals surface area contributed by atoms with Crippen molar-refractivity contribution in [3.05, 3.63) is 68.0 Å². The molecule has 1 nitrogen and oxygen atoms in total. The van der Waals surface area contributed by atoms with E-state index in [0.717, 1.165) is 20.3 Å². The number of aryl methyl sites for hydroxylation is 2. The molecule has 0 saturated heterocycles. The summed E-state index contributed by atoms with van der Waals surface area (Å²) < 4.78 is 15.2. The van der Waals surface area contributed by atoms with Crippen LogP contribution in [-0.4, -0.2) is 0 Å². The molecule has 1 unspecified atom stereocenters. The van der Waals surface area contributed by atoms with Gasteiger partial charge in [0.05, 0.1) is 6.04 Å². The smallest absolute Gasteiger partial charge is 0.128 e. The maximum Gasteiger partial charge on any atom is 0.128 e. The van der Waals surface area contributed by atoms with Crippen molar-refractivity contribution in [2.24, 2.45) is 5.73 Å². The number of rotatable bonds is 2. The van der Waals surface area contributed by atoms with E-state index in [-0.39, 0.29) is 5.82 Å². The molecule has 94 valence electrons. The van der Waals surface area contributed by atoms with Gasteiger partial charge in [-0.2, -0.15) is 0 Å². The number of nitrogens with two attached hydrogens (primary N) is 1. The first-order valence-corrected chi connectivity index (χ1v) is 6.84. The van der Waals surface area contributed by atoms with E-state index in [9.17, 15) is 4.39 Å². The lowest BCUT2D eigenvalue weighted by atomic mass is 9.94. The van der Waals surface area contributed by atoms with Crippen molar-refractivity contribution in [2.45, 2.75) is 19.9 Å². The predicted octanol–water partition coefficient (Wildman–Crippen LogP) is 4.10. The van der Waals surface area contributed by atoms with Crippen LogP contribution >= 0.6 is 22.6 Å². The van der Waals surface area contributed by atoms with Gasteiger partial charge in [-0.1, -0.05) is 18.2 Å². The van der Waals surface area contributed by atoms with Gasteiger partial charge in [0.25, 0.3) is 0 Å². The molecule has 0 aromatic heterocycles. The van der Waals surface area contributed by atoms with E-state index in [2.05, 4.69) is 22.6 Å². The minimum Gasteiger partial charge on any atom is -0.320 e. The van der Waals surface area contributed by atoms with Gasteiger partial charge in [-0.05, 0) is 71.3 Å². The fraction of sp³-hybridized carbons (Fsp3) is 0.200. The Morgan fingerprint density at radius 2 is 1.89 bits per heavy atom. The fourth-order valence-electron chi connectivity index (χ4n) is 2.19. The topological polar surface area (TPSA) is 26.0 Å². The lowest BCUT2D eigenvalue weighted by Crippen LogP contribution is -2.15. The molecule has 0 radical (unpaired) electrons. The summed E-state index contributed by atoms with van der Waals surface area (Å²) in [4.78, 5) is 0. The highest BCUT2D eigenvalue weighted by molar-refractivity contribution is 14.1. The molecule has 0 aliphatic heterocycles. The Labute approximate surface area is 120 Å². The van der Waals surface area contributed by atoms with E-state index >= 15 is 0 Å². The molecule has 0 fully saturated rings. The van der Waals surface area contributed by atoms with Crippen LogP contribution in [0.4, 0.5) is 4.39 Å². The largest absolute Gasteiger partial charge is 0.320 e. The van der Waals surface area contributed by atoms with E-state index in [1.807, 2.05) is 44.2 Å². The monoisotopic (exact) mass is 355 g/mol. The average molecular weight is 355 g/mol. The number of hydrogen-bond donors (Lipinski definition) is 1. The van der Waals surface area contributed by atoms with Crippen LogP contribution in [0.25, 0.3) is 0 Å². The third-order valence-corrected chi connectivity index (χ3v) is 3.67. The Bertz CT molecular complexity index is 557. The number of halogens is 2. The Hall–Kier alpha value is -0.940. The van der Waals surface area contributed by atoms with Crippen LogP contribution < -0.4 is 5.73 Å². The van der Waals surface area contributed by atoms with Crippen molar-refractivity contribution in [1.82, 2.24) is 0 Å². The predicted molar refractivity (Wildman–Crippen MR) is 81.1 cm³/mol. The van der Waals surface area contributed by atoms with Gasteiger partial charge in [0.2, 0.25) is 0 Å². The molecule has 2 rings (SSSR count). The molecule has 3 heteroatoms. The van der Waals surface area contributed by atoms with Gasteiger partial charge in [-0.3, -0.25) is 0 Å². The van der Waals surface area contributed by atoms with Gasteiger partial charge in [0.1, 0.15) is 5.82 Å². The van der Waals surface area contributed by atoms with Crippen molar-refractivity contribution in [1.29, 1.82) is 0 Å². The van der Waals surface area contributed by atoms with Gasteiger partial charge in [0, 0.05) is 9.13 Å². The summed E-state index contributed by atoms with van der Waals surface area (Å²) in [6.45, 7) is 3.79. The number of hydrogen-bond acceptors (Lipinski definition) is 1. The molecule has 0 aliphatic carbocycles. The molecule has 0 amide bonds. The Morgan fingerprint density at radius 1 is 1.17 bits per heavy atom. The molecule has 1 atom stereocenters. The summed E-state index contributed by atoms with van der Waals surface area (Å²) >= 11 is 2.23. The van der Waals surface area contributed by atoms with Gasteiger partial charge in [0.15, 0.2) is 0 Å². The van der Waals surface area contributed by atoms with E-state index in [1.165, 1.54) is 6.07 Å². The Kier molecular flexibility index (Phi) is 4.02. The summed E-state index contributed by atoms with van der Waals surface area (Å²) in [5, 5.41) is 0. The first-order chi connectivity index (χ1) is 8.49. The molecular weight excluding hydrogens is 340 g/mol. The van der Waals surface area contributed by atoms with Gasteiger partial charge in [-0.25, -0.2) is 4.39 Å². The highest BCUT2D eigenvalue weighted by Gasteiger charge is 2.16. The van der Waals surface area contributed by atoms with Crippen LogP contribution in [0.1, 0.15) is 28.3 Å². The molecule has 2 aromatic carbocycles. The average Bonchev–Trinajstić information content (AvgIpc) is 2.27. The molecule has 0 bridgehead atoms. The third-order valence-electron chi connectivity index (χ3n) is 3.00. The summed E-state index contributed by atoms with van der Waals surface area (Å²) in [7, 11) is 0. The normalized spacial score (nSPS) is 12.5. The van der Waals surface area contributed by atoms with Gasteiger partial charge in [-0.15, -0.1) is 0 Å². The second-order valence-corrected chi connectivity index (χ2v) is 5.76. The van der Waals surface area contributed by atoms with Gasteiger partial charge >= 0.3 is 0 Å². The molecule has 0 heterocycles. The van der Waals surface area contributed by atoms with E-state index in [0.29, 0.717) is 5.56 Å². The van der Waals surface area contributed by atoms with Crippen LogP contribution in [0, 0.1) is 23.2 Å². The van der Waals surface area contributed by atoms with E-state index in [4.69, 9.17) is 5.73 Å². The van der Waals surface area contributed by atoms with Crippen molar-refractivity contribution >= 4 is 22.6 Å². The van der Waals surface area contributed by atoms with Gasteiger partial charge < -0.3 is 5.73 Å². The Morgan fingerprint density at radius 3 is 2.50 bits per heavy atom. The van der Waals surface area contributed by atoms with Crippen molar-refractivity contribution in [3.8, 4) is 0 Å². The molecular formula is C15H15FIN. The zero-order valence-corrected chi connectivity index (χ0v) is 12.5. The van der Waals surface area contributed by atoms with E-state index < -0.39 is 6.04 Å². The lowest BCUT2D eigenvalue weighted by molar-refractivity contribution is 0.596. The standard InChI is InChI=1S/C15H15FIN/c1-9-6-10(2)14(13(16)7-9)15(18)11-4-3-5-12(17)8-11/h3-8,15H,18H2,1-2H3. The van der Waals surface area contributed by atoms with Crippen LogP contribution in [-0.2, 0) is 0 Å². The summed E-state index contributed by atoms with van der Waals surface area (Å²) in [6, 6.07) is 11.0. The second-order valence-electron chi connectivity index (χ2n) is 4.51. The molecule has 2 N–H and O–H groups in total. The van der Waals surface area contributed by atoms with Crippen molar-refractivity contribution < 1.29 is 4.39 Å². The maximum atomic E-state index is 14.1. The second kappa shape index (κ2) is 5.36. The molecule has 2 aromatic rings. The minimum atomic E-state index is -0.416. The summed E-state index contributed by atoms with van der Waals surface area (Å²) in [6.07, 6.45) is 0. The zero-order valence-electron chi connectivity index (χ0n) is 10.4. The molecule has 18 heavy (non-hydrogen) atoms. The maximum absolute atomic E-state index is 14.1. The molecule has 0 saturated carbocycles. The fourth-order valence-corrected chi connectivity index (χ4v) is 2.75. The lowest BCUT2D eigenvalue weighted by Gasteiger charge is -2.17. The van der Waals surface area contributed by atoms with Crippen molar-refractivity contribution in [2.75, 3.05) is 0 Å². The first-order valence-electron chi connectivity index (χ1n) is 5.76. The highest BCUT2D eigenvalue weighted by Crippen LogP contribution is 2.27.